The maximum absolute atomic E-state index is 13.2. The fourth-order valence-electron chi connectivity index (χ4n) is 4.65. The molecule has 7 nitrogen and oxygen atoms in total. The van der Waals surface area contributed by atoms with E-state index in [1.807, 2.05) is 17.7 Å². The lowest BCUT2D eigenvalue weighted by Gasteiger charge is -2.37. The van der Waals surface area contributed by atoms with Crippen LogP contribution in [0.5, 0.6) is 5.75 Å². The van der Waals surface area contributed by atoms with Crippen LogP contribution in [-0.2, 0) is 17.6 Å². The number of piperidine rings is 1. The van der Waals surface area contributed by atoms with Crippen LogP contribution < -0.4 is 4.74 Å². The third-order valence-corrected chi connectivity index (χ3v) is 8.21. The lowest BCUT2D eigenvalue weighted by Crippen LogP contribution is -2.42. The van der Waals surface area contributed by atoms with E-state index in [4.69, 9.17) is 19.4 Å². The molecule has 0 bridgehead atoms. The summed E-state index contributed by atoms with van der Waals surface area (Å²) in [5.41, 5.74) is 2.02. The molecular weight excluding hydrogens is 515 g/mol. The number of ether oxygens (including phenoxy) is 2. The summed E-state index contributed by atoms with van der Waals surface area (Å²) in [5.74, 6) is 2.12. The highest BCUT2D eigenvalue weighted by Gasteiger charge is 2.34. The normalized spacial score (nSPS) is 18.6. The summed E-state index contributed by atoms with van der Waals surface area (Å²) in [6.07, 6.45) is 5.67. The van der Waals surface area contributed by atoms with Crippen molar-refractivity contribution < 1.29 is 22.6 Å². The maximum atomic E-state index is 13.2. The van der Waals surface area contributed by atoms with Crippen molar-refractivity contribution in [2.45, 2.75) is 58.7 Å². The van der Waals surface area contributed by atoms with Gasteiger partial charge < -0.3 is 9.47 Å². The van der Waals surface area contributed by atoms with Crippen LogP contribution in [0.3, 0.4) is 0 Å². The van der Waals surface area contributed by atoms with Crippen molar-refractivity contribution in [2.75, 3.05) is 44.2 Å². The van der Waals surface area contributed by atoms with Crippen LogP contribution >= 0.6 is 10.0 Å². The van der Waals surface area contributed by atoms with Crippen LogP contribution in [0, 0.1) is 13.8 Å². The van der Waals surface area contributed by atoms with Gasteiger partial charge in [0.2, 0.25) is 0 Å². The second-order valence-corrected chi connectivity index (χ2v) is 15.5. The van der Waals surface area contributed by atoms with Gasteiger partial charge in [0.1, 0.15) is 35.6 Å². The number of halogens is 3. The molecule has 0 amide bonds. The minimum Gasteiger partial charge on any atom is -0.489 e. The monoisotopic (exact) mass is 553 g/mol. The first kappa shape index (κ1) is 28.6. The number of hydrogen-bond donors (Lipinski definition) is 0. The molecule has 1 fully saturated rings. The Morgan fingerprint density at radius 2 is 1.89 bits per heavy atom. The van der Waals surface area contributed by atoms with Gasteiger partial charge >= 0.3 is 6.18 Å². The quantitative estimate of drug-likeness (QED) is 0.315. The lowest BCUT2D eigenvalue weighted by molar-refractivity contribution is -0.141. The van der Waals surface area contributed by atoms with Crippen molar-refractivity contribution in [3.05, 3.63) is 47.2 Å². The number of imidazole rings is 1. The number of nitrogens with zero attached hydrogens (tertiary/aromatic N) is 5. The van der Waals surface area contributed by atoms with Gasteiger partial charge in [-0.3, -0.25) is 9.47 Å². The predicted molar refractivity (Wildman–Crippen MR) is 146 cm³/mol. The van der Waals surface area contributed by atoms with E-state index in [1.54, 1.807) is 13.0 Å². The van der Waals surface area contributed by atoms with Crippen LogP contribution in [0.2, 0.25) is 0 Å². The van der Waals surface area contributed by atoms with E-state index in [1.165, 1.54) is 0 Å². The Morgan fingerprint density at radius 1 is 1.13 bits per heavy atom. The highest BCUT2D eigenvalue weighted by atomic mass is 32.3. The molecular formula is C27H38F3N5O2S. The first-order valence-corrected chi connectivity index (χ1v) is 15.9. The highest BCUT2D eigenvalue weighted by Crippen LogP contribution is 2.34. The van der Waals surface area contributed by atoms with Gasteiger partial charge in [0.25, 0.3) is 0 Å². The van der Waals surface area contributed by atoms with Crippen LogP contribution in [0.4, 0.5) is 13.2 Å². The molecule has 2 unspecified atom stereocenters. The Kier molecular flexibility index (Phi) is 8.59. The van der Waals surface area contributed by atoms with Gasteiger partial charge in [-0.25, -0.2) is 25.0 Å². The van der Waals surface area contributed by atoms with Gasteiger partial charge in [-0.05, 0) is 70.6 Å². The molecule has 1 aliphatic rings. The molecule has 4 heterocycles. The number of fused-ring (bicyclic) bond motifs is 1. The Morgan fingerprint density at radius 3 is 2.61 bits per heavy atom. The van der Waals surface area contributed by atoms with Crippen LogP contribution in [0.1, 0.15) is 48.6 Å². The minimum atomic E-state index is -4.51. The molecule has 1 saturated heterocycles. The van der Waals surface area contributed by atoms with Gasteiger partial charge in [0.05, 0.1) is 6.61 Å². The molecule has 0 radical (unpaired) electrons. The fourth-order valence-corrected chi connectivity index (χ4v) is 5.27. The van der Waals surface area contributed by atoms with Crippen LogP contribution in [0.25, 0.3) is 11.2 Å². The van der Waals surface area contributed by atoms with Crippen molar-refractivity contribution in [3.8, 4) is 5.75 Å². The number of alkyl halides is 3. The van der Waals surface area contributed by atoms with E-state index in [9.17, 15) is 13.2 Å². The number of likely N-dealkylation sites (tertiary alicyclic amines) is 1. The molecule has 0 spiro atoms. The molecule has 0 aromatic carbocycles. The van der Waals surface area contributed by atoms with Crippen molar-refractivity contribution in [1.82, 2.24) is 24.4 Å². The number of aromatic nitrogens is 4. The van der Waals surface area contributed by atoms with E-state index in [-0.39, 0.29) is 23.6 Å². The molecule has 38 heavy (non-hydrogen) atoms. The summed E-state index contributed by atoms with van der Waals surface area (Å²) in [7, 11) is -0.602. The van der Waals surface area contributed by atoms with Crippen LogP contribution in [0.15, 0.2) is 24.4 Å². The van der Waals surface area contributed by atoms with E-state index in [2.05, 4.69) is 41.6 Å². The summed E-state index contributed by atoms with van der Waals surface area (Å²) in [6, 6.07) is 4.67. The van der Waals surface area contributed by atoms with E-state index in [0.717, 1.165) is 53.8 Å². The van der Waals surface area contributed by atoms with Gasteiger partial charge in [-0.2, -0.15) is 13.2 Å². The second-order valence-electron chi connectivity index (χ2n) is 10.9. The van der Waals surface area contributed by atoms with Crippen molar-refractivity contribution in [2.24, 2.45) is 0 Å². The average molecular weight is 554 g/mol. The zero-order chi connectivity index (χ0) is 27.7. The number of rotatable bonds is 9. The molecule has 0 N–H and O–H groups in total. The van der Waals surface area contributed by atoms with Gasteiger partial charge in [-0.1, -0.05) is 0 Å². The van der Waals surface area contributed by atoms with Gasteiger partial charge in [0.15, 0.2) is 5.65 Å². The molecule has 0 saturated carbocycles. The second kappa shape index (κ2) is 11.4. The Labute approximate surface area is 224 Å². The van der Waals surface area contributed by atoms with Crippen molar-refractivity contribution >= 4 is 21.2 Å². The first-order valence-electron chi connectivity index (χ1n) is 12.8. The third kappa shape index (κ3) is 7.18. The topological polar surface area (TPSA) is 65.3 Å². The SMILES string of the molecule is Cc1cc(OC2CCCN(C(C)c3cnc4c(c3)nc(C)n4COCCS(C)(C)C)C2)cc(C(F)(F)F)n1. The largest absolute Gasteiger partial charge is 0.489 e. The van der Waals surface area contributed by atoms with E-state index >= 15 is 0 Å². The van der Waals surface area contributed by atoms with Gasteiger partial charge in [-0.15, -0.1) is 0 Å². The zero-order valence-corrected chi connectivity index (χ0v) is 23.8. The number of aryl methyl sites for hydroxylation is 2. The summed E-state index contributed by atoms with van der Waals surface area (Å²) in [4.78, 5) is 15.3. The highest BCUT2D eigenvalue weighted by molar-refractivity contribution is 8.32. The van der Waals surface area contributed by atoms with E-state index in [0.29, 0.717) is 19.9 Å². The molecule has 1 aliphatic heterocycles. The average Bonchev–Trinajstić information content (AvgIpc) is 3.14. The molecule has 3 aromatic heterocycles. The zero-order valence-electron chi connectivity index (χ0n) is 23.0. The standard InChI is InChI=1S/C27H38F3N5O2S/c1-18-12-23(14-25(32-18)27(28,29)30)37-22-8-7-9-34(16-22)19(2)21-13-24-26(31-15-21)35(20(3)33-24)17-36-10-11-38(4,5)6/h12-15,19,22H,7-11,16-17H2,1-6H3. The summed E-state index contributed by atoms with van der Waals surface area (Å²) in [6.45, 7) is 8.24. The molecule has 11 heteroatoms. The fraction of sp³-hybridized carbons (Fsp3) is 0.593. The Hall–Kier alpha value is -2.37. The summed E-state index contributed by atoms with van der Waals surface area (Å²) in [5, 5.41) is 0. The predicted octanol–water partition coefficient (Wildman–Crippen LogP) is 5.73. The molecule has 210 valence electrons. The Balaban J connectivity index is 1.43. The number of pyridine rings is 2. The lowest BCUT2D eigenvalue weighted by atomic mass is 10.0. The van der Waals surface area contributed by atoms with Crippen LogP contribution in [-0.4, -0.2) is 74.7 Å². The third-order valence-electron chi connectivity index (χ3n) is 6.82. The summed E-state index contributed by atoms with van der Waals surface area (Å²) < 4.78 is 53.5. The molecule has 0 aliphatic carbocycles. The smallest absolute Gasteiger partial charge is 0.433 e. The van der Waals surface area contributed by atoms with Crippen molar-refractivity contribution in [1.29, 1.82) is 0 Å². The maximum Gasteiger partial charge on any atom is 0.433 e. The molecule has 3 aromatic rings. The summed E-state index contributed by atoms with van der Waals surface area (Å²) >= 11 is 0. The van der Waals surface area contributed by atoms with Crippen molar-refractivity contribution in [3.63, 3.8) is 0 Å². The number of hydrogen-bond acceptors (Lipinski definition) is 6. The molecule has 4 rings (SSSR count). The minimum absolute atomic E-state index is 0.0553. The first-order chi connectivity index (χ1) is 17.8. The Bertz CT molecular complexity index is 1260. The van der Waals surface area contributed by atoms with E-state index < -0.39 is 21.9 Å². The van der Waals surface area contributed by atoms with Gasteiger partial charge in [0, 0.05) is 42.4 Å². The molecule has 2 atom stereocenters.